The summed E-state index contributed by atoms with van der Waals surface area (Å²) in [4.78, 5) is 2.37. The van der Waals surface area contributed by atoms with Crippen LogP contribution in [0.1, 0.15) is 19.4 Å². The highest BCUT2D eigenvalue weighted by Gasteiger charge is 2.23. The summed E-state index contributed by atoms with van der Waals surface area (Å²) in [6.45, 7) is 8.42. The van der Waals surface area contributed by atoms with Gasteiger partial charge in [0.05, 0.1) is 12.8 Å². The lowest BCUT2D eigenvalue weighted by Crippen LogP contribution is -2.54. The van der Waals surface area contributed by atoms with E-state index in [-0.39, 0.29) is 0 Å². The first-order chi connectivity index (χ1) is 8.51. The van der Waals surface area contributed by atoms with Gasteiger partial charge in [-0.05, 0) is 32.4 Å². The van der Waals surface area contributed by atoms with Crippen LogP contribution in [0.5, 0.6) is 5.75 Å². The first kappa shape index (κ1) is 13.5. The maximum absolute atomic E-state index is 6.15. The van der Waals surface area contributed by atoms with Gasteiger partial charge in [-0.3, -0.25) is 0 Å². The van der Waals surface area contributed by atoms with Gasteiger partial charge < -0.3 is 15.0 Å². The number of nitrogens with zero attached hydrogens (tertiary/aromatic N) is 1. The van der Waals surface area contributed by atoms with Crippen molar-refractivity contribution in [2.75, 3.05) is 25.1 Å². The van der Waals surface area contributed by atoms with E-state index in [4.69, 9.17) is 16.3 Å². The third-order valence-electron chi connectivity index (χ3n) is 3.36. The second-order valence-electron chi connectivity index (χ2n) is 5.15. The molecular weight excluding hydrogens is 248 g/mol. The van der Waals surface area contributed by atoms with Gasteiger partial charge in [0.15, 0.2) is 0 Å². The molecule has 0 saturated carbocycles. The standard InChI is InChI=1S/C14H21ClN2O/c1-9-5-13(14(18-4)6-12(9)15)17-7-10(2)16-11(3)8-17/h5-6,10-11,16H,7-8H2,1-4H3. The molecule has 4 heteroatoms. The van der Waals surface area contributed by atoms with Crippen molar-refractivity contribution < 1.29 is 4.74 Å². The summed E-state index contributed by atoms with van der Waals surface area (Å²) in [7, 11) is 1.69. The lowest BCUT2D eigenvalue weighted by molar-refractivity contribution is 0.391. The molecule has 18 heavy (non-hydrogen) atoms. The Morgan fingerprint density at radius 1 is 1.28 bits per heavy atom. The number of methoxy groups -OCH3 is 1. The number of aryl methyl sites for hydroxylation is 1. The molecule has 2 atom stereocenters. The fourth-order valence-electron chi connectivity index (χ4n) is 2.58. The molecule has 2 rings (SSSR count). The average molecular weight is 269 g/mol. The van der Waals surface area contributed by atoms with Gasteiger partial charge in [-0.15, -0.1) is 0 Å². The Labute approximate surface area is 114 Å². The molecule has 1 aromatic carbocycles. The SMILES string of the molecule is COc1cc(Cl)c(C)cc1N1CC(C)NC(C)C1. The lowest BCUT2D eigenvalue weighted by atomic mass is 10.1. The fourth-order valence-corrected chi connectivity index (χ4v) is 2.74. The Hall–Kier alpha value is -0.930. The zero-order valence-electron chi connectivity index (χ0n) is 11.5. The van der Waals surface area contributed by atoms with Crippen LogP contribution in [-0.2, 0) is 0 Å². The number of anilines is 1. The third-order valence-corrected chi connectivity index (χ3v) is 3.77. The quantitative estimate of drug-likeness (QED) is 0.893. The van der Waals surface area contributed by atoms with E-state index in [1.165, 1.54) is 0 Å². The van der Waals surface area contributed by atoms with Gasteiger partial charge in [0.25, 0.3) is 0 Å². The number of nitrogens with one attached hydrogen (secondary N) is 1. The molecule has 0 aromatic heterocycles. The number of ether oxygens (including phenoxy) is 1. The van der Waals surface area contributed by atoms with Crippen LogP contribution < -0.4 is 15.0 Å². The van der Waals surface area contributed by atoms with E-state index in [1.54, 1.807) is 7.11 Å². The maximum Gasteiger partial charge on any atom is 0.143 e. The molecule has 1 aliphatic rings. The molecular formula is C14H21ClN2O. The molecule has 1 fully saturated rings. The predicted molar refractivity (Wildman–Crippen MR) is 77.0 cm³/mol. The molecule has 1 aromatic rings. The molecule has 1 saturated heterocycles. The zero-order valence-corrected chi connectivity index (χ0v) is 12.2. The van der Waals surface area contributed by atoms with E-state index in [2.05, 4.69) is 30.1 Å². The second-order valence-corrected chi connectivity index (χ2v) is 5.55. The summed E-state index contributed by atoms with van der Waals surface area (Å²) in [5.41, 5.74) is 2.23. The van der Waals surface area contributed by atoms with Crippen LogP contribution in [0, 0.1) is 6.92 Å². The zero-order chi connectivity index (χ0) is 13.3. The van der Waals surface area contributed by atoms with Gasteiger partial charge in [-0.2, -0.15) is 0 Å². The van der Waals surface area contributed by atoms with Crippen molar-refractivity contribution in [3.8, 4) is 5.75 Å². The Bertz CT molecular complexity index is 426. The Kier molecular flexibility index (Phi) is 4.03. The normalized spacial score (nSPS) is 24.2. The lowest BCUT2D eigenvalue weighted by Gasteiger charge is -2.38. The first-order valence-electron chi connectivity index (χ1n) is 6.36. The molecule has 0 aliphatic carbocycles. The monoisotopic (exact) mass is 268 g/mol. The van der Waals surface area contributed by atoms with Crippen LogP contribution >= 0.6 is 11.6 Å². The largest absolute Gasteiger partial charge is 0.495 e. The average Bonchev–Trinajstić information content (AvgIpc) is 2.30. The van der Waals surface area contributed by atoms with Crippen LogP contribution in [0.3, 0.4) is 0 Å². The van der Waals surface area contributed by atoms with Gasteiger partial charge in [0.1, 0.15) is 5.75 Å². The number of benzene rings is 1. The highest BCUT2D eigenvalue weighted by molar-refractivity contribution is 6.31. The van der Waals surface area contributed by atoms with E-state index < -0.39 is 0 Å². The van der Waals surface area contributed by atoms with Gasteiger partial charge in [-0.1, -0.05) is 11.6 Å². The summed E-state index contributed by atoms with van der Waals surface area (Å²) >= 11 is 6.15. The molecule has 0 spiro atoms. The van der Waals surface area contributed by atoms with Crippen molar-refractivity contribution in [2.24, 2.45) is 0 Å². The highest BCUT2D eigenvalue weighted by Crippen LogP contribution is 2.34. The Morgan fingerprint density at radius 2 is 1.89 bits per heavy atom. The van der Waals surface area contributed by atoms with Crippen molar-refractivity contribution >= 4 is 17.3 Å². The summed E-state index contributed by atoms with van der Waals surface area (Å²) in [5.74, 6) is 0.854. The van der Waals surface area contributed by atoms with Crippen molar-refractivity contribution in [1.82, 2.24) is 5.32 Å². The van der Waals surface area contributed by atoms with E-state index >= 15 is 0 Å². The maximum atomic E-state index is 6.15. The van der Waals surface area contributed by atoms with Crippen LogP contribution in [0.4, 0.5) is 5.69 Å². The minimum atomic E-state index is 0.481. The summed E-state index contributed by atoms with van der Waals surface area (Å²) in [6, 6.07) is 4.99. The number of rotatable bonds is 2. The summed E-state index contributed by atoms with van der Waals surface area (Å²) in [6.07, 6.45) is 0. The molecule has 2 unspecified atom stereocenters. The molecule has 100 valence electrons. The molecule has 0 bridgehead atoms. The van der Waals surface area contributed by atoms with E-state index in [1.807, 2.05) is 13.0 Å². The van der Waals surface area contributed by atoms with Crippen LogP contribution in [-0.4, -0.2) is 32.3 Å². The Balaban J connectivity index is 2.34. The fraction of sp³-hybridized carbons (Fsp3) is 0.571. The topological polar surface area (TPSA) is 24.5 Å². The Morgan fingerprint density at radius 3 is 2.44 bits per heavy atom. The summed E-state index contributed by atoms with van der Waals surface area (Å²) in [5, 5.41) is 4.29. The van der Waals surface area contributed by atoms with Crippen molar-refractivity contribution in [3.05, 3.63) is 22.7 Å². The van der Waals surface area contributed by atoms with Crippen LogP contribution in [0.2, 0.25) is 5.02 Å². The number of halogens is 1. The number of piperazine rings is 1. The third kappa shape index (κ3) is 2.73. The van der Waals surface area contributed by atoms with Crippen molar-refractivity contribution in [3.63, 3.8) is 0 Å². The predicted octanol–water partition coefficient (Wildman–Crippen LogP) is 2.84. The summed E-state index contributed by atoms with van der Waals surface area (Å²) < 4.78 is 5.46. The molecule has 1 N–H and O–H groups in total. The molecule has 0 amide bonds. The molecule has 1 heterocycles. The van der Waals surface area contributed by atoms with Gasteiger partial charge in [0, 0.05) is 36.3 Å². The van der Waals surface area contributed by atoms with Gasteiger partial charge >= 0.3 is 0 Å². The second kappa shape index (κ2) is 5.37. The van der Waals surface area contributed by atoms with E-state index in [9.17, 15) is 0 Å². The first-order valence-corrected chi connectivity index (χ1v) is 6.74. The van der Waals surface area contributed by atoms with Crippen molar-refractivity contribution in [2.45, 2.75) is 32.9 Å². The van der Waals surface area contributed by atoms with Gasteiger partial charge in [0.2, 0.25) is 0 Å². The molecule has 0 radical (unpaired) electrons. The van der Waals surface area contributed by atoms with E-state index in [0.717, 1.165) is 35.1 Å². The molecule has 1 aliphatic heterocycles. The van der Waals surface area contributed by atoms with Crippen LogP contribution in [0.15, 0.2) is 12.1 Å². The molecule has 3 nitrogen and oxygen atoms in total. The van der Waals surface area contributed by atoms with Crippen molar-refractivity contribution in [1.29, 1.82) is 0 Å². The highest BCUT2D eigenvalue weighted by atomic mass is 35.5. The van der Waals surface area contributed by atoms with E-state index in [0.29, 0.717) is 12.1 Å². The minimum absolute atomic E-state index is 0.481. The number of hydrogen-bond acceptors (Lipinski definition) is 3. The van der Waals surface area contributed by atoms with Crippen LogP contribution in [0.25, 0.3) is 0 Å². The smallest absolute Gasteiger partial charge is 0.143 e. The van der Waals surface area contributed by atoms with Gasteiger partial charge in [-0.25, -0.2) is 0 Å². The minimum Gasteiger partial charge on any atom is -0.495 e. The number of hydrogen-bond donors (Lipinski definition) is 1.